The molecule has 0 saturated carbocycles. The van der Waals surface area contributed by atoms with E-state index >= 15 is 0 Å². The standard InChI is InChI=1S/C11H23NO3S/c1-9(2)12-11(3,10(14)15-4)5-7-16-8-6-13/h9,12-13H,5-8H2,1-4H3. The van der Waals surface area contributed by atoms with E-state index in [2.05, 4.69) is 5.32 Å². The van der Waals surface area contributed by atoms with Crippen molar-refractivity contribution in [2.75, 3.05) is 25.2 Å². The summed E-state index contributed by atoms with van der Waals surface area (Å²) in [7, 11) is 1.41. The number of carbonyl (C=O) groups is 1. The second-order valence-corrected chi connectivity index (χ2v) is 5.43. The van der Waals surface area contributed by atoms with Crippen LogP contribution < -0.4 is 5.32 Å². The molecule has 0 aliphatic carbocycles. The van der Waals surface area contributed by atoms with Crippen LogP contribution in [0, 0.1) is 0 Å². The van der Waals surface area contributed by atoms with Crippen LogP contribution in [0.4, 0.5) is 0 Å². The Bertz CT molecular complexity index is 211. The van der Waals surface area contributed by atoms with Crippen molar-refractivity contribution in [3.05, 3.63) is 0 Å². The number of nitrogens with one attached hydrogen (secondary N) is 1. The number of hydrogen-bond donors (Lipinski definition) is 2. The number of aliphatic hydroxyl groups excluding tert-OH is 1. The molecule has 16 heavy (non-hydrogen) atoms. The van der Waals surface area contributed by atoms with Gasteiger partial charge in [0.2, 0.25) is 0 Å². The van der Waals surface area contributed by atoms with Gasteiger partial charge in [-0.1, -0.05) is 0 Å². The molecule has 0 rings (SSSR count). The Kier molecular flexibility index (Phi) is 7.80. The molecule has 1 unspecified atom stereocenters. The highest BCUT2D eigenvalue weighted by molar-refractivity contribution is 7.99. The summed E-state index contributed by atoms with van der Waals surface area (Å²) in [5, 5.41) is 11.9. The molecule has 0 spiro atoms. The predicted octanol–water partition coefficient (Wildman–Crippen LogP) is 1.03. The van der Waals surface area contributed by atoms with Crippen LogP contribution in [0.2, 0.25) is 0 Å². The van der Waals surface area contributed by atoms with Crippen LogP contribution >= 0.6 is 11.8 Å². The zero-order chi connectivity index (χ0) is 12.6. The van der Waals surface area contributed by atoms with Crippen molar-refractivity contribution in [1.82, 2.24) is 5.32 Å². The molecule has 0 amide bonds. The third-order valence-corrected chi connectivity index (χ3v) is 3.19. The first-order chi connectivity index (χ1) is 7.46. The number of methoxy groups -OCH3 is 1. The van der Waals surface area contributed by atoms with E-state index in [1.165, 1.54) is 7.11 Å². The highest BCUT2D eigenvalue weighted by atomic mass is 32.2. The Morgan fingerprint density at radius 1 is 1.50 bits per heavy atom. The Balaban J connectivity index is 4.25. The van der Waals surface area contributed by atoms with Crippen LogP contribution in [0.3, 0.4) is 0 Å². The van der Waals surface area contributed by atoms with Crippen molar-refractivity contribution < 1.29 is 14.6 Å². The molecular formula is C11H23NO3S. The van der Waals surface area contributed by atoms with Gasteiger partial charge in [-0.25, -0.2) is 0 Å². The molecule has 5 heteroatoms. The maximum Gasteiger partial charge on any atom is 0.325 e. The molecule has 0 aromatic heterocycles. The van der Waals surface area contributed by atoms with Crippen LogP contribution in [0.15, 0.2) is 0 Å². The quantitative estimate of drug-likeness (QED) is 0.497. The van der Waals surface area contributed by atoms with Gasteiger partial charge in [-0.05, 0) is 32.9 Å². The zero-order valence-corrected chi connectivity index (χ0v) is 11.4. The SMILES string of the molecule is COC(=O)C(C)(CCSCCO)NC(C)C. The summed E-state index contributed by atoms with van der Waals surface area (Å²) in [6, 6.07) is 0.229. The second kappa shape index (κ2) is 7.92. The minimum absolute atomic E-state index is 0.178. The summed E-state index contributed by atoms with van der Waals surface area (Å²) in [6.07, 6.45) is 0.697. The summed E-state index contributed by atoms with van der Waals surface area (Å²) in [5.41, 5.74) is -0.634. The maximum atomic E-state index is 11.7. The molecule has 4 nitrogen and oxygen atoms in total. The summed E-state index contributed by atoms with van der Waals surface area (Å²) < 4.78 is 4.81. The third kappa shape index (κ3) is 5.72. The van der Waals surface area contributed by atoms with Crippen LogP contribution in [0.5, 0.6) is 0 Å². The minimum atomic E-state index is -0.634. The lowest BCUT2D eigenvalue weighted by Crippen LogP contribution is -2.53. The highest BCUT2D eigenvalue weighted by Gasteiger charge is 2.34. The molecule has 0 aliphatic rings. The lowest BCUT2D eigenvalue weighted by atomic mass is 9.98. The van der Waals surface area contributed by atoms with E-state index in [9.17, 15) is 4.79 Å². The van der Waals surface area contributed by atoms with Crippen molar-refractivity contribution in [2.24, 2.45) is 0 Å². The summed E-state index contributed by atoms with van der Waals surface area (Å²) >= 11 is 1.64. The van der Waals surface area contributed by atoms with Crippen molar-refractivity contribution in [1.29, 1.82) is 0 Å². The molecule has 0 aromatic rings. The molecular weight excluding hydrogens is 226 g/mol. The minimum Gasteiger partial charge on any atom is -0.468 e. The van der Waals surface area contributed by atoms with Gasteiger partial charge in [0, 0.05) is 11.8 Å². The van der Waals surface area contributed by atoms with Gasteiger partial charge in [0.15, 0.2) is 0 Å². The van der Waals surface area contributed by atoms with E-state index in [0.29, 0.717) is 12.2 Å². The molecule has 1 atom stereocenters. The highest BCUT2D eigenvalue weighted by Crippen LogP contribution is 2.16. The summed E-state index contributed by atoms with van der Waals surface area (Å²) in [4.78, 5) is 11.7. The van der Waals surface area contributed by atoms with E-state index < -0.39 is 5.54 Å². The Morgan fingerprint density at radius 3 is 2.56 bits per heavy atom. The van der Waals surface area contributed by atoms with Crippen LogP contribution in [0.25, 0.3) is 0 Å². The van der Waals surface area contributed by atoms with Gasteiger partial charge in [0.1, 0.15) is 5.54 Å². The van der Waals surface area contributed by atoms with E-state index in [1.54, 1.807) is 11.8 Å². The molecule has 0 aliphatic heterocycles. The number of aliphatic hydroxyl groups is 1. The zero-order valence-electron chi connectivity index (χ0n) is 10.6. The Labute approximate surface area is 102 Å². The fourth-order valence-electron chi connectivity index (χ4n) is 1.54. The Hall–Kier alpha value is -0.260. The van der Waals surface area contributed by atoms with Gasteiger partial charge in [0.05, 0.1) is 13.7 Å². The lowest BCUT2D eigenvalue weighted by molar-refractivity contribution is -0.148. The first-order valence-electron chi connectivity index (χ1n) is 5.51. The second-order valence-electron chi connectivity index (χ2n) is 4.21. The lowest BCUT2D eigenvalue weighted by Gasteiger charge is -2.30. The largest absolute Gasteiger partial charge is 0.468 e. The molecule has 0 radical (unpaired) electrons. The third-order valence-electron chi connectivity index (χ3n) is 2.23. The summed E-state index contributed by atoms with van der Waals surface area (Å²) in [5.74, 6) is 1.30. The van der Waals surface area contributed by atoms with Crippen molar-refractivity contribution in [3.63, 3.8) is 0 Å². The number of rotatable bonds is 8. The number of esters is 1. The molecule has 0 aromatic carbocycles. The number of thioether (sulfide) groups is 1. The van der Waals surface area contributed by atoms with E-state index in [-0.39, 0.29) is 18.6 Å². The first-order valence-corrected chi connectivity index (χ1v) is 6.66. The number of carbonyl (C=O) groups excluding carboxylic acids is 1. The van der Waals surface area contributed by atoms with Gasteiger partial charge in [-0.2, -0.15) is 11.8 Å². The van der Waals surface area contributed by atoms with E-state index in [4.69, 9.17) is 9.84 Å². The molecule has 0 bridgehead atoms. The van der Waals surface area contributed by atoms with Gasteiger partial charge in [0.25, 0.3) is 0 Å². The van der Waals surface area contributed by atoms with Gasteiger partial charge in [-0.3, -0.25) is 10.1 Å². The normalized spacial score (nSPS) is 14.9. The van der Waals surface area contributed by atoms with Crippen molar-refractivity contribution in [2.45, 2.75) is 38.8 Å². The molecule has 2 N–H and O–H groups in total. The van der Waals surface area contributed by atoms with Crippen LogP contribution in [-0.2, 0) is 9.53 Å². The maximum absolute atomic E-state index is 11.7. The smallest absolute Gasteiger partial charge is 0.325 e. The summed E-state index contributed by atoms with van der Waals surface area (Å²) in [6.45, 7) is 6.04. The fraction of sp³-hybridized carbons (Fsp3) is 0.909. The Morgan fingerprint density at radius 2 is 2.12 bits per heavy atom. The van der Waals surface area contributed by atoms with Crippen LogP contribution in [-0.4, -0.2) is 47.9 Å². The van der Waals surface area contributed by atoms with Crippen molar-refractivity contribution >= 4 is 17.7 Å². The van der Waals surface area contributed by atoms with E-state index in [1.807, 2.05) is 20.8 Å². The molecule has 0 heterocycles. The number of hydrogen-bond acceptors (Lipinski definition) is 5. The van der Waals surface area contributed by atoms with Gasteiger partial charge >= 0.3 is 5.97 Å². The predicted molar refractivity (Wildman–Crippen MR) is 67.7 cm³/mol. The number of ether oxygens (including phenoxy) is 1. The average Bonchev–Trinajstić information content (AvgIpc) is 2.22. The van der Waals surface area contributed by atoms with Gasteiger partial charge < -0.3 is 9.84 Å². The molecule has 0 fully saturated rings. The van der Waals surface area contributed by atoms with E-state index in [0.717, 1.165) is 5.75 Å². The fourth-order valence-corrected chi connectivity index (χ4v) is 2.42. The molecule has 96 valence electrons. The monoisotopic (exact) mass is 249 g/mol. The van der Waals surface area contributed by atoms with Crippen LogP contribution in [0.1, 0.15) is 27.2 Å². The van der Waals surface area contributed by atoms with Gasteiger partial charge in [-0.15, -0.1) is 0 Å². The molecule has 0 saturated heterocycles. The topological polar surface area (TPSA) is 58.6 Å². The van der Waals surface area contributed by atoms with Crippen molar-refractivity contribution in [3.8, 4) is 0 Å². The first kappa shape index (κ1) is 15.7. The average molecular weight is 249 g/mol.